The number of para-hydroxylation sites is 4. The average molecular weight is 631 g/mol. The van der Waals surface area contributed by atoms with E-state index in [0.717, 1.165) is 51.6 Å². The smallest absolute Gasteiger partial charge is 0.248 e. The lowest BCUT2D eigenvalue weighted by Gasteiger charge is -2.28. The Balaban J connectivity index is 0.942. The van der Waals surface area contributed by atoms with Crippen LogP contribution in [-0.4, -0.2) is 75.1 Å². The molecule has 2 aliphatic heterocycles. The van der Waals surface area contributed by atoms with Crippen LogP contribution in [0.3, 0.4) is 0 Å². The largest absolute Gasteiger partial charge is 0.362 e. The Morgan fingerprint density at radius 3 is 1.15 bits per heavy atom. The van der Waals surface area contributed by atoms with Gasteiger partial charge in [0.2, 0.25) is 11.8 Å². The number of hydrogen-bond acceptors (Lipinski definition) is 5. The molecule has 0 unspecified atom stereocenters. The van der Waals surface area contributed by atoms with Gasteiger partial charge in [-0.05, 0) is 85.0 Å². The summed E-state index contributed by atoms with van der Waals surface area (Å²) in [7, 11) is 3.62. The first-order valence-corrected chi connectivity index (χ1v) is 16.9. The first kappa shape index (κ1) is 32.3. The molecule has 0 aromatic heterocycles. The molecule has 0 fully saturated rings. The van der Waals surface area contributed by atoms with Crippen LogP contribution in [-0.2, 0) is 40.0 Å². The normalized spacial score (nSPS) is 13.4. The molecule has 0 saturated heterocycles. The topological polar surface area (TPSA) is 56.3 Å². The Labute approximate surface area is 279 Å². The van der Waals surface area contributed by atoms with E-state index in [1.165, 1.54) is 45.0 Å². The van der Waals surface area contributed by atoms with E-state index in [9.17, 15) is 9.59 Å². The molecule has 0 radical (unpaired) electrons. The lowest BCUT2D eigenvalue weighted by atomic mass is 10.0. The maximum absolute atomic E-state index is 12.9. The molecule has 4 aromatic rings. The third kappa shape index (κ3) is 7.68. The summed E-state index contributed by atoms with van der Waals surface area (Å²) in [6.45, 7) is 2.63. The maximum atomic E-state index is 12.9. The number of carbonyl (C=O) groups excluding carboxylic acids is 2. The van der Waals surface area contributed by atoms with Crippen LogP contribution in [0.1, 0.15) is 35.1 Å². The summed E-state index contributed by atoms with van der Waals surface area (Å²) in [5, 5.41) is 0. The van der Waals surface area contributed by atoms with E-state index < -0.39 is 0 Å². The van der Waals surface area contributed by atoms with Crippen molar-refractivity contribution in [2.24, 2.45) is 0 Å². The van der Waals surface area contributed by atoms with E-state index in [0.29, 0.717) is 13.1 Å². The molecule has 4 aromatic carbocycles. The molecule has 244 valence electrons. The summed E-state index contributed by atoms with van der Waals surface area (Å²) >= 11 is 0. The Kier molecular flexibility index (Phi) is 10.5. The van der Waals surface area contributed by atoms with Crippen molar-refractivity contribution in [2.75, 3.05) is 63.3 Å². The molecule has 2 heterocycles. The van der Waals surface area contributed by atoms with Crippen LogP contribution < -0.4 is 9.80 Å². The molecule has 0 saturated carbocycles. The molecule has 6 rings (SSSR count). The summed E-state index contributed by atoms with van der Waals surface area (Å²) < 4.78 is 5.61. The highest BCUT2D eigenvalue weighted by Crippen LogP contribution is 2.37. The van der Waals surface area contributed by atoms with E-state index >= 15 is 0 Å². The van der Waals surface area contributed by atoms with E-state index in [1.54, 1.807) is 9.80 Å². The number of anilines is 4. The minimum atomic E-state index is -0.115. The standard InChI is InChI=1S/C40H46N4O3/c1-41(25-11-27-43-35-17-7-3-13-31(35)21-22-32-14-4-8-18-36(32)43)39(45)29-47-30-40(46)42(2)26-12-28-44-37-19-9-5-15-33(37)23-24-34-16-6-10-20-38(34)44/h3-10,13-20H,11-12,21-30H2,1-2H3. The van der Waals surface area contributed by atoms with Gasteiger partial charge < -0.3 is 24.3 Å². The fourth-order valence-corrected chi connectivity index (χ4v) is 6.85. The molecular formula is C40H46N4O3. The predicted molar refractivity (Wildman–Crippen MR) is 190 cm³/mol. The number of carbonyl (C=O) groups is 2. The summed E-state index contributed by atoms with van der Waals surface area (Å²) in [5.74, 6) is -0.230. The number of nitrogens with zero attached hydrogens (tertiary/aromatic N) is 4. The third-order valence-electron chi connectivity index (χ3n) is 9.51. The number of rotatable bonds is 12. The molecule has 0 aliphatic carbocycles. The number of benzene rings is 4. The third-order valence-corrected chi connectivity index (χ3v) is 9.51. The van der Waals surface area contributed by atoms with Crippen LogP contribution in [0.4, 0.5) is 22.7 Å². The quantitative estimate of drug-likeness (QED) is 0.177. The number of hydrogen-bond donors (Lipinski definition) is 0. The van der Waals surface area contributed by atoms with Gasteiger partial charge in [-0.3, -0.25) is 9.59 Å². The predicted octanol–water partition coefficient (Wildman–Crippen LogP) is 6.57. The van der Waals surface area contributed by atoms with Gasteiger partial charge in [0, 0.05) is 63.0 Å². The van der Waals surface area contributed by atoms with Crippen LogP contribution in [0.2, 0.25) is 0 Å². The van der Waals surface area contributed by atoms with Crippen LogP contribution in [0.25, 0.3) is 0 Å². The van der Waals surface area contributed by atoms with Crippen LogP contribution in [0.15, 0.2) is 97.1 Å². The van der Waals surface area contributed by atoms with Gasteiger partial charge in [-0.25, -0.2) is 0 Å². The number of amides is 2. The lowest BCUT2D eigenvalue weighted by molar-refractivity contribution is -0.140. The van der Waals surface area contributed by atoms with Crippen molar-refractivity contribution in [1.29, 1.82) is 0 Å². The Bertz CT molecular complexity index is 1470. The zero-order chi connectivity index (χ0) is 32.6. The van der Waals surface area contributed by atoms with Gasteiger partial charge in [0.25, 0.3) is 0 Å². The summed E-state index contributed by atoms with van der Waals surface area (Å²) in [6, 6.07) is 34.5. The fraction of sp³-hybridized carbons (Fsp3) is 0.350. The second-order valence-electron chi connectivity index (χ2n) is 12.6. The van der Waals surface area contributed by atoms with Gasteiger partial charge in [-0.15, -0.1) is 0 Å². The highest BCUT2D eigenvalue weighted by Gasteiger charge is 2.22. The molecule has 7 heteroatoms. The molecular weight excluding hydrogens is 584 g/mol. The zero-order valence-corrected chi connectivity index (χ0v) is 27.7. The second kappa shape index (κ2) is 15.3. The molecule has 47 heavy (non-hydrogen) atoms. The van der Waals surface area contributed by atoms with Crippen molar-refractivity contribution in [1.82, 2.24) is 9.80 Å². The van der Waals surface area contributed by atoms with Crippen LogP contribution >= 0.6 is 0 Å². The van der Waals surface area contributed by atoms with E-state index in [1.807, 2.05) is 14.1 Å². The van der Waals surface area contributed by atoms with Crippen molar-refractivity contribution in [3.63, 3.8) is 0 Å². The first-order valence-electron chi connectivity index (χ1n) is 16.9. The fourth-order valence-electron chi connectivity index (χ4n) is 6.85. The number of aryl methyl sites for hydroxylation is 4. The van der Waals surface area contributed by atoms with Gasteiger partial charge in [0.15, 0.2) is 0 Å². The minimum Gasteiger partial charge on any atom is -0.362 e. The van der Waals surface area contributed by atoms with Crippen LogP contribution in [0.5, 0.6) is 0 Å². The number of likely N-dealkylation sites (N-methyl/N-ethyl adjacent to an activating group) is 2. The highest BCUT2D eigenvalue weighted by molar-refractivity contribution is 5.79. The van der Waals surface area contributed by atoms with Crippen molar-refractivity contribution in [2.45, 2.75) is 38.5 Å². The van der Waals surface area contributed by atoms with Crippen molar-refractivity contribution in [3.05, 3.63) is 119 Å². The first-order chi connectivity index (χ1) is 23.0. The number of fused-ring (bicyclic) bond motifs is 4. The summed E-state index contributed by atoms with van der Waals surface area (Å²) in [6.07, 6.45) is 5.73. The average Bonchev–Trinajstić information content (AvgIpc) is 3.36. The molecule has 0 atom stereocenters. The molecule has 0 spiro atoms. The summed E-state index contributed by atoms with van der Waals surface area (Å²) in [4.78, 5) is 33.9. The van der Waals surface area contributed by atoms with E-state index in [-0.39, 0.29) is 25.0 Å². The minimum absolute atomic E-state index is 0.104. The monoisotopic (exact) mass is 630 g/mol. The lowest BCUT2D eigenvalue weighted by Crippen LogP contribution is -2.36. The molecule has 0 bridgehead atoms. The SMILES string of the molecule is CN(CCCN1c2ccccc2CCc2ccccc21)C(=O)COCC(=O)N(C)CCCN1c2ccccc2CCc2ccccc21. The Morgan fingerprint density at radius 1 is 0.532 bits per heavy atom. The second-order valence-corrected chi connectivity index (χ2v) is 12.6. The Morgan fingerprint density at radius 2 is 0.830 bits per heavy atom. The van der Waals surface area contributed by atoms with E-state index in [2.05, 4.69) is 107 Å². The molecule has 2 amide bonds. The van der Waals surface area contributed by atoms with Gasteiger partial charge in [0.1, 0.15) is 13.2 Å². The van der Waals surface area contributed by atoms with Gasteiger partial charge in [0.05, 0.1) is 0 Å². The van der Waals surface area contributed by atoms with Crippen molar-refractivity contribution < 1.29 is 14.3 Å². The molecule has 0 N–H and O–H groups in total. The Hall–Kier alpha value is -4.62. The summed E-state index contributed by atoms with van der Waals surface area (Å²) in [5.41, 5.74) is 10.4. The molecule has 2 aliphatic rings. The highest BCUT2D eigenvalue weighted by atomic mass is 16.5. The van der Waals surface area contributed by atoms with Gasteiger partial charge >= 0.3 is 0 Å². The zero-order valence-electron chi connectivity index (χ0n) is 27.7. The van der Waals surface area contributed by atoms with Crippen molar-refractivity contribution in [3.8, 4) is 0 Å². The molecule has 7 nitrogen and oxygen atoms in total. The number of ether oxygens (including phenoxy) is 1. The van der Waals surface area contributed by atoms with Crippen LogP contribution in [0, 0.1) is 0 Å². The van der Waals surface area contributed by atoms with E-state index in [4.69, 9.17) is 4.74 Å². The van der Waals surface area contributed by atoms with Gasteiger partial charge in [-0.2, -0.15) is 0 Å². The van der Waals surface area contributed by atoms with Gasteiger partial charge in [-0.1, -0.05) is 72.8 Å². The van der Waals surface area contributed by atoms with Crippen molar-refractivity contribution >= 4 is 34.6 Å². The maximum Gasteiger partial charge on any atom is 0.248 e.